The van der Waals surface area contributed by atoms with Crippen molar-refractivity contribution in [1.29, 1.82) is 0 Å². The number of aromatic nitrogens is 2. The Bertz CT molecular complexity index is 1230. The van der Waals surface area contributed by atoms with Crippen molar-refractivity contribution in [2.75, 3.05) is 18.6 Å². The van der Waals surface area contributed by atoms with E-state index in [9.17, 15) is 4.79 Å². The van der Waals surface area contributed by atoms with Crippen LogP contribution in [0.4, 0.5) is 5.13 Å². The van der Waals surface area contributed by atoms with Gasteiger partial charge in [-0.2, -0.15) is 0 Å². The van der Waals surface area contributed by atoms with Crippen LogP contribution in [0.1, 0.15) is 5.69 Å². The van der Waals surface area contributed by atoms with E-state index in [0.717, 1.165) is 21.7 Å². The van der Waals surface area contributed by atoms with Gasteiger partial charge in [-0.05, 0) is 42.5 Å². The van der Waals surface area contributed by atoms with Crippen molar-refractivity contribution in [1.82, 2.24) is 9.97 Å². The first kappa shape index (κ1) is 19.3. The zero-order valence-corrected chi connectivity index (χ0v) is 17.5. The number of pyridine rings is 1. The quantitative estimate of drug-likeness (QED) is 0.472. The summed E-state index contributed by atoms with van der Waals surface area (Å²) in [5, 5.41) is 0.571. The normalized spacial score (nSPS) is 14.9. The first-order valence-electron chi connectivity index (χ1n) is 9.75. The largest absolute Gasteiger partial charge is 0.497 e. The van der Waals surface area contributed by atoms with Crippen molar-refractivity contribution in [2.24, 2.45) is 0 Å². The maximum atomic E-state index is 13.5. The van der Waals surface area contributed by atoms with Crippen molar-refractivity contribution >= 4 is 32.6 Å². The van der Waals surface area contributed by atoms with Crippen LogP contribution in [0.15, 0.2) is 66.9 Å². The number of anilines is 1. The molecule has 1 unspecified atom stereocenters. The average Bonchev–Trinajstić information content (AvgIpc) is 3.25. The molecule has 0 spiro atoms. The lowest BCUT2D eigenvalue weighted by atomic mass is 10.2. The number of rotatable bonds is 5. The van der Waals surface area contributed by atoms with Gasteiger partial charge in [-0.15, -0.1) is 0 Å². The molecule has 31 heavy (non-hydrogen) atoms. The van der Waals surface area contributed by atoms with Crippen molar-refractivity contribution in [3.05, 3.63) is 72.6 Å². The molecule has 0 saturated heterocycles. The van der Waals surface area contributed by atoms with E-state index in [2.05, 4.69) is 9.97 Å². The van der Waals surface area contributed by atoms with Gasteiger partial charge in [0.25, 0.3) is 5.91 Å². The molecule has 1 atom stereocenters. The van der Waals surface area contributed by atoms with E-state index in [1.165, 1.54) is 11.3 Å². The number of benzene rings is 2. The average molecular weight is 433 g/mol. The Hall–Kier alpha value is -3.65. The van der Waals surface area contributed by atoms with Crippen LogP contribution in [0.2, 0.25) is 0 Å². The van der Waals surface area contributed by atoms with Crippen molar-refractivity contribution < 1.29 is 19.0 Å². The molecule has 8 heteroatoms. The van der Waals surface area contributed by atoms with E-state index in [1.807, 2.05) is 54.6 Å². The molecule has 0 radical (unpaired) electrons. The highest BCUT2D eigenvalue weighted by atomic mass is 32.1. The van der Waals surface area contributed by atoms with Crippen LogP contribution >= 0.6 is 11.3 Å². The third-order valence-corrected chi connectivity index (χ3v) is 5.95. The lowest BCUT2D eigenvalue weighted by Crippen LogP contribution is -2.46. The van der Waals surface area contributed by atoms with Gasteiger partial charge >= 0.3 is 0 Å². The topological polar surface area (TPSA) is 73.8 Å². The van der Waals surface area contributed by atoms with Gasteiger partial charge in [0.15, 0.2) is 16.6 Å². The van der Waals surface area contributed by atoms with Gasteiger partial charge < -0.3 is 14.2 Å². The lowest BCUT2D eigenvalue weighted by molar-refractivity contribution is -0.127. The third-order valence-electron chi connectivity index (χ3n) is 4.91. The summed E-state index contributed by atoms with van der Waals surface area (Å²) in [7, 11) is 1.62. The zero-order chi connectivity index (χ0) is 21.2. The fraction of sp³-hybridized carbons (Fsp3) is 0.174. The molecule has 0 saturated carbocycles. The molecular formula is C23H19N3O4S. The summed E-state index contributed by atoms with van der Waals surface area (Å²) < 4.78 is 18.0. The highest BCUT2D eigenvalue weighted by Crippen LogP contribution is 2.35. The fourth-order valence-corrected chi connectivity index (χ4v) is 4.34. The minimum atomic E-state index is -0.778. The Morgan fingerprint density at radius 1 is 1.16 bits per heavy atom. The number of fused-ring (bicyclic) bond motifs is 2. The molecule has 0 aliphatic carbocycles. The van der Waals surface area contributed by atoms with Crippen LogP contribution in [0.25, 0.3) is 10.2 Å². The first-order valence-corrected chi connectivity index (χ1v) is 10.6. The summed E-state index contributed by atoms with van der Waals surface area (Å²) in [6.07, 6.45) is 0.928. The number of para-hydroxylation sites is 2. The molecule has 1 aliphatic rings. The van der Waals surface area contributed by atoms with Crippen LogP contribution in [-0.2, 0) is 11.3 Å². The molecule has 0 fully saturated rings. The molecule has 1 aliphatic heterocycles. The van der Waals surface area contributed by atoms with E-state index in [0.29, 0.717) is 16.6 Å². The Morgan fingerprint density at radius 2 is 2.00 bits per heavy atom. The van der Waals surface area contributed by atoms with Crippen molar-refractivity contribution in [3.63, 3.8) is 0 Å². The number of methoxy groups -OCH3 is 1. The monoisotopic (exact) mass is 433 g/mol. The summed E-state index contributed by atoms with van der Waals surface area (Å²) in [5.41, 5.74) is 1.55. The highest BCUT2D eigenvalue weighted by molar-refractivity contribution is 7.22. The molecular weight excluding hydrogens is 414 g/mol. The van der Waals surface area contributed by atoms with Crippen LogP contribution in [0, 0.1) is 0 Å². The van der Waals surface area contributed by atoms with Gasteiger partial charge in [0.1, 0.15) is 12.4 Å². The lowest BCUT2D eigenvalue weighted by Gasteiger charge is -2.29. The van der Waals surface area contributed by atoms with Gasteiger partial charge in [-0.25, -0.2) is 4.98 Å². The van der Waals surface area contributed by atoms with Crippen LogP contribution in [-0.4, -0.2) is 35.7 Å². The maximum absolute atomic E-state index is 13.5. The van der Waals surface area contributed by atoms with E-state index >= 15 is 0 Å². The Morgan fingerprint density at radius 3 is 2.81 bits per heavy atom. The van der Waals surface area contributed by atoms with Crippen LogP contribution < -0.4 is 19.1 Å². The second-order valence-corrected chi connectivity index (χ2v) is 7.95. The van der Waals surface area contributed by atoms with Gasteiger partial charge in [0.2, 0.25) is 6.10 Å². The smallest absolute Gasteiger partial charge is 0.273 e. The Kier molecular flexibility index (Phi) is 5.13. The predicted molar refractivity (Wildman–Crippen MR) is 118 cm³/mol. The van der Waals surface area contributed by atoms with Crippen LogP contribution in [0.3, 0.4) is 0 Å². The molecule has 0 bridgehead atoms. The summed E-state index contributed by atoms with van der Waals surface area (Å²) in [4.78, 5) is 24.2. The number of carbonyl (C=O) groups excluding carboxylic acids is 1. The van der Waals surface area contributed by atoms with E-state index in [-0.39, 0.29) is 19.1 Å². The zero-order valence-electron chi connectivity index (χ0n) is 16.7. The van der Waals surface area contributed by atoms with Gasteiger partial charge in [0, 0.05) is 6.20 Å². The number of carbonyl (C=O) groups is 1. The van der Waals surface area contributed by atoms with Crippen molar-refractivity contribution in [3.8, 4) is 17.2 Å². The molecule has 0 N–H and O–H groups in total. The van der Waals surface area contributed by atoms with Gasteiger partial charge in [0.05, 0.1) is 29.6 Å². The number of thiazole rings is 1. The molecule has 3 heterocycles. The van der Waals surface area contributed by atoms with E-state index in [4.69, 9.17) is 14.2 Å². The first-order chi connectivity index (χ1) is 15.2. The minimum absolute atomic E-state index is 0.132. The summed E-state index contributed by atoms with van der Waals surface area (Å²) in [6, 6.07) is 18.6. The number of hydrogen-bond acceptors (Lipinski definition) is 7. The minimum Gasteiger partial charge on any atom is -0.497 e. The molecule has 2 aromatic carbocycles. The number of amides is 1. The summed E-state index contributed by atoms with van der Waals surface area (Å²) in [6.45, 7) is 0.408. The molecule has 156 valence electrons. The number of nitrogens with zero attached hydrogens (tertiary/aromatic N) is 3. The molecule has 1 amide bonds. The van der Waals surface area contributed by atoms with Gasteiger partial charge in [-0.1, -0.05) is 29.5 Å². The summed E-state index contributed by atoms with van der Waals surface area (Å²) >= 11 is 1.42. The molecule has 7 nitrogen and oxygen atoms in total. The highest BCUT2D eigenvalue weighted by Gasteiger charge is 2.33. The second kappa shape index (κ2) is 8.23. The predicted octanol–water partition coefficient (Wildman–Crippen LogP) is 4.07. The SMILES string of the molecule is COc1ccc2nc(N(Cc3ccccn3)C(=O)C3COc4ccccc4O3)sc2c1. The third kappa shape index (κ3) is 3.89. The summed E-state index contributed by atoms with van der Waals surface area (Å²) in [5.74, 6) is 1.70. The molecule has 5 rings (SSSR count). The second-order valence-electron chi connectivity index (χ2n) is 6.94. The maximum Gasteiger partial charge on any atom is 0.273 e. The van der Waals surface area contributed by atoms with Gasteiger partial charge in [-0.3, -0.25) is 14.7 Å². The number of ether oxygens (including phenoxy) is 3. The standard InChI is InChI=1S/C23H19N3O4S/c1-28-16-9-10-17-21(12-16)31-23(25-17)26(13-15-6-4-5-11-24-15)22(27)20-14-29-18-7-2-3-8-19(18)30-20/h2-12,20H,13-14H2,1H3. The Labute approximate surface area is 182 Å². The number of hydrogen-bond donors (Lipinski definition) is 0. The molecule has 4 aromatic rings. The Balaban J connectivity index is 1.49. The fourth-order valence-electron chi connectivity index (χ4n) is 3.34. The van der Waals surface area contributed by atoms with Crippen molar-refractivity contribution in [2.45, 2.75) is 12.6 Å². The van der Waals surface area contributed by atoms with E-state index in [1.54, 1.807) is 24.3 Å². The van der Waals surface area contributed by atoms with Crippen LogP contribution in [0.5, 0.6) is 17.2 Å². The van der Waals surface area contributed by atoms with E-state index < -0.39 is 6.10 Å². The molecule has 2 aromatic heterocycles.